The molecule has 3 aromatic heterocycles. The average Bonchev–Trinajstić information content (AvgIpc) is 3.17. The van der Waals surface area contributed by atoms with Crippen LogP contribution in [0.15, 0.2) is 49.1 Å². The molecule has 0 spiro atoms. The molecule has 1 aliphatic heterocycles. The number of imidazole rings is 1. The first-order valence-electron chi connectivity index (χ1n) is 9.76. The minimum Gasteiger partial charge on any atom is -0.482 e. The van der Waals surface area contributed by atoms with E-state index in [-0.39, 0.29) is 23.8 Å². The zero-order chi connectivity index (χ0) is 22.4. The van der Waals surface area contributed by atoms with Gasteiger partial charge in [-0.05, 0) is 37.3 Å². The van der Waals surface area contributed by atoms with Crippen LogP contribution in [0.25, 0.3) is 22.5 Å². The molecule has 2 bridgehead atoms. The topological polar surface area (TPSA) is 103 Å². The normalized spacial score (nSPS) is 14.6. The first-order valence-corrected chi connectivity index (χ1v) is 9.76. The lowest BCUT2D eigenvalue weighted by atomic mass is 9.96. The Bertz CT molecular complexity index is 1410. The third-order valence-electron chi connectivity index (χ3n) is 5.38. The van der Waals surface area contributed by atoms with Gasteiger partial charge in [0.15, 0.2) is 17.3 Å². The van der Waals surface area contributed by atoms with Crippen LogP contribution in [0.2, 0.25) is 0 Å². The van der Waals surface area contributed by atoms with Crippen LogP contribution in [0.4, 0.5) is 14.6 Å². The Kier molecular flexibility index (Phi) is 4.56. The van der Waals surface area contributed by atoms with Crippen molar-refractivity contribution in [3.8, 4) is 34.3 Å². The Balaban J connectivity index is 1.84. The van der Waals surface area contributed by atoms with E-state index in [0.717, 1.165) is 6.20 Å². The smallest absolute Gasteiger partial charge is 0.166 e. The quantitative estimate of drug-likeness (QED) is 0.448. The lowest BCUT2D eigenvalue weighted by Gasteiger charge is -2.22. The molecule has 1 atom stereocenters. The van der Waals surface area contributed by atoms with Crippen molar-refractivity contribution in [2.75, 3.05) is 5.73 Å². The molecule has 0 radical (unpaired) electrons. The number of anilines is 1. The molecule has 1 aromatic carbocycles. The number of hydrogen-bond acceptors (Lipinski definition) is 6. The highest BCUT2D eigenvalue weighted by Crippen LogP contribution is 2.37. The second-order valence-corrected chi connectivity index (χ2v) is 7.44. The molecule has 4 aromatic rings. The molecule has 0 fully saturated rings. The van der Waals surface area contributed by atoms with Gasteiger partial charge in [-0.25, -0.2) is 18.7 Å². The summed E-state index contributed by atoms with van der Waals surface area (Å²) in [4.78, 5) is 12.7. The number of pyridine rings is 2. The van der Waals surface area contributed by atoms with E-state index in [0.29, 0.717) is 33.6 Å². The van der Waals surface area contributed by atoms with Crippen molar-refractivity contribution in [1.29, 1.82) is 5.26 Å². The third-order valence-corrected chi connectivity index (χ3v) is 5.38. The van der Waals surface area contributed by atoms with E-state index >= 15 is 0 Å². The van der Waals surface area contributed by atoms with Crippen LogP contribution in [0.1, 0.15) is 29.8 Å². The van der Waals surface area contributed by atoms with Crippen molar-refractivity contribution in [1.82, 2.24) is 19.5 Å². The van der Waals surface area contributed by atoms with Crippen LogP contribution in [-0.2, 0) is 6.54 Å². The van der Waals surface area contributed by atoms with Crippen molar-refractivity contribution in [3.63, 3.8) is 0 Å². The van der Waals surface area contributed by atoms with E-state index in [9.17, 15) is 14.0 Å². The number of benzene rings is 1. The molecule has 5 rings (SSSR count). The Hall–Kier alpha value is -4.32. The predicted octanol–water partition coefficient (Wildman–Crippen LogP) is 4.24. The average molecular weight is 430 g/mol. The summed E-state index contributed by atoms with van der Waals surface area (Å²) >= 11 is 0. The van der Waals surface area contributed by atoms with E-state index < -0.39 is 17.7 Å². The number of rotatable bonds is 0. The van der Waals surface area contributed by atoms with Gasteiger partial charge in [-0.1, -0.05) is 0 Å². The highest BCUT2D eigenvalue weighted by Gasteiger charge is 2.23. The van der Waals surface area contributed by atoms with Crippen molar-refractivity contribution in [2.45, 2.75) is 19.6 Å². The molecule has 0 aliphatic carbocycles. The molecule has 0 unspecified atom stereocenters. The van der Waals surface area contributed by atoms with Gasteiger partial charge in [-0.2, -0.15) is 5.26 Å². The maximum Gasteiger partial charge on any atom is 0.166 e. The standard InChI is InChI=1S/C23H16F2N6O/c1-12-18-6-15(24)2-3-17(18)21-14(4-16(25)9-28-21)10-31-11-30-19(7-26)22(31)13-5-20(32-12)23(27)29-8-13/h2-6,8-9,11-12H,10H2,1H3,(H2,27,29)/t12-/m1/s1. The van der Waals surface area contributed by atoms with E-state index in [1.165, 1.54) is 30.7 Å². The number of nitriles is 1. The first kappa shape index (κ1) is 19.6. The first-order chi connectivity index (χ1) is 15.4. The number of halogens is 2. The fourth-order valence-corrected chi connectivity index (χ4v) is 3.93. The molecule has 158 valence electrons. The number of aromatic nitrogens is 4. The fraction of sp³-hybridized carbons (Fsp3) is 0.130. The Morgan fingerprint density at radius 1 is 1.12 bits per heavy atom. The summed E-state index contributed by atoms with van der Waals surface area (Å²) in [5, 5.41) is 9.58. The molecular weight excluding hydrogens is 414 g/mol. The lowest BCUT2D eigenvalue weighted by molar-refractivity contribution is 0.227. The largest absolute Gasteiger partial charge is 0.482 e. The maximum atomic E-state index is 14.2. The highest BCUT2D eigenvalue weighted by atomic mass is 19.1. The van der Waals surface area contributed by atoms with E-state index in [2.05, 4.69) is 21.0 Å². The SMILES string of the molecule is C[C@H]1Oc2cc(cnc2N)-c2c(C#N)ncn2Cc2cc(F)cnc2-c2ccc(F)cc21. The molecule has 9 heteroatoms. The monoisotopic (exact) mass is 430 g/mol. The van der Waals surface area contributed by atoms with Gasteiger partial charge in [0.05, 0.1) is 30.5 Å². The molecule has 0 saturated carbocycles. The van der Waals surface area contributed by atoms with E-state index in [4.69, 9.17) is 10.5 Å². The number of fused-ring (bicyclic) bond motifs is 7. The van der Waals surface area contributed by atoms with Gasteiger partial charge in [-0.15, -0.1) is 0 Å². The van der Waals surface area contributed by atoms with Crippen molar-refractivity contribution in [3.05, 3.63) is 77.5 Å². The second kappa shape index (κ2) is 7.42. The van der Waals surface area contributed by atoms with Gasteiger partial charge >= 0.3 is 0 Å². The number of nitrogens with two attached hydrogens (primary N) is 1. The van der Waals surface area contributed by atoms with Crippen LogP contribution < -0.4 is 10.5 Å². The van der Waals surface area contributed by atoms with Crippen LogP contribution in [0.3, 0.4) is 0 Å². The summed E-state index contributed by atoms with van der Waals surface area (Å²) in [7, 11) is 0. The van der Waals surface area contributed by atoms with Gasteiger partial charge in [0.2, 0.25) is 0 Å². The van der Waals surface area contributed by atoms with E-state index in [1.54, 1.807) is 23.6 Å². The highest BCUT2D eigenvalue weighted by molar-refractivity contribution is 5.71. The number of hydrogen-bond donors (Lipinski definition) is 1. The Labute approximate surface area is 181 Å². The number of nitrogen functional groups attached to an aromatic ring is 1. The number of nitrogens with zero attached hydrogens (tertiary/aromatic N) is 5. The number of ether oxygens (including phenoxy) is 1. The summed E-state index contributed by atoms with van der Waals surface area (Å²) in [6, 6.07) is 9.38. The minimum absolute atomic E-state index is 0.154. The molecule has 2 N–H and O–H groups in total. The van der Waals surface area contributed by atoms with Crippen LogP contribution in [0, 0.1) is 23.0 Å². The summed E-state index contributed by atoms with van der Waals surface area (Å²) in [5.41, 5.74) is 9.41. The predicted molar refractivity (Wildman–Crippen MR) is 112 cm³/mol. The minimum atomic E-state index is -0.625. The molecule has 4 heterocycles. The van der Waals surface area contributed by atoms with Gasteiger partial charge in [0.1, 0.15) is 23.8 Å². The zero-order valence-electron chi connectivity index (χ0n) is 16.9. The zero-order valence-corrected chi connectivity index (χ0v) is 16.9. The molecule has 7 nitrogen and oxygen atoms in total. The summed E-state index contributed by atoms with van der Waals surface area (Å²) in [6.07, 6.45) is 3.51. The summed E-state index contributed by atoms with van der Waals surface area (Å²) in [6.45, 7) is 1.93. The summed E-state index contributed by atoms with van der Waals surface area (Å²) < 4.78 is 36.2. The Morgan fingerprint density at radius 3 is 2.78 bits per heavy atom. The van der Waals surface area contributed by atoms with Crippen LogP contribution in [-0.4, -0.2) is 19.5 Å². The second-order valence-electron chi connectivity index (χ2n) is 7.44. The maximum absolute atomic E-state index is 14.2. The molecule has 0 amide bonds. The van der Waals surface area contributed by atoms with Crippen LogP contribution >= 0.6 is 0 Å². The molecule has 0 saturated heterocycles. The van der Waals surface area contributed by atoms with E-state index in [1.807, 2.05) is 0 Å². The van der Waals surface area contributed by atoms with Gasteiger partial charge in [-0.3, -0.25) is 4.98 Å². The van der Waals surface area contributed by atoms with Gasteiger partial charge in [0, 0.05) is 28.5 Å². The molecule has 32 heavy (non-hydrogen) atoms. The Morgan fingerprint density at radius 2 is 1.97 bits per heavy atom. The summed E-state index contributed by atoms with van der Waals surface area (Å²) in [5.74, 6) is -0.511. The van der Waals surface area contributed by atoms with Crippen LogP contribution in [0.5, 0.6) is 5.75 Å². The van der Waals surface area contributed by atoms with Gasteiger partial charge < -0.3 is 15.0 Å². The van der Waals surface area contributed by atoms with Crippen molar-refractivity contribution < 1.29 is 13.5 Å². The van der Waals surface area contributed by atoms with Crippen molar-refractivity contribution in [2.24, 2.45) is 0 Å². The lowest BCUT2D eigenvalue weighted by Crippen LogP contribution is -2.11. The molecular formula is C23H16F2N6O. The van der Waals surface area contributed by atoms with Gasteiger partial charge in [0.25, 0.3) is 0 Å². The third kappa shape index (κ3) is 3.22. The van der Waals surface area contributed by atoms with Crippen molar-refractivity contribution >= 4 is 5.82 Å². The molecule has 1 aliphatic rings. The fourth-order valence-electron chi connectivity index (χ4n) is 3.93.